The average Bonchev–Trinajstić information content (AvgIpc) is 2.57. The summed E-state index contributed by atoms with van der Waals surface area (Å²) in [5, 5.41) is 21.0. The fraction of sp³-hybridized carbons (Fsp3) is 0.158. The van der Waals surface area contributed by atoms with Gasteiger partial charge in [0, 0.05) is 23.4 Å². The van der Waals surface area contributed by atoms with Crippen LogP contribution in [0.5, 0.6) is 17.2 Å². The Bertz CT molecular complexity index is 886. The van der Waals surface area contributed by atoms with Crippen LogP contribution < -0.4 is 10.1 Å². The van der Waals surface area contributed by atoms with Gasteiger partial charge in [-0.05, 0) is 68.1 Å². The van der Waals surface area contributed by atoms with Crippen LogP contribution in [0, 0.1) is 0 Å². The first-order valence-corrected chi connectivity index (χ1v) is 9.47. The van der Waals surface area contributed by atoms with E-state index in [4.69, 9.17) is 9.84 Å². The van der Waals surface area contributed by atoms with Crippen LogP contribution in [0.2, 0.25) is 0 Å². The van der Waals surface area contributed by atoms with Crippen LogP contribution in [-0.2, 0) is 9.59 Å². The highest BCUT2D eigenvalue weighted by atomic mass is 79.9. The zero-order valence-corrected chi connectivity index (χ0v) is 17.7. The van der Waals surface area contributed by atoms with Gasteiger partial charge in [0.15, 0.2) is 5.75 Å². The molecule has 0 aliphatic heterocycles. The third-order valence-electron chi connectivity index (χ3n) is 3.48. The molecule has 0 heterocycles. The maximum absolute atomic E-state index is 11.7. The summed E-state index contributed by atoms with van der Waals surface area (Å²) in [5.74, 6) is -0.371. The van der Waals surface area contributed by atoms with E-state index in [1.165, 1.54) is 0 Å². The Morgan fingerprint density at radius 2 is 1.74 bits per heavy atom. The largest absolute Gasteiger partial charge is 0.508 e. The van der Waals surface area contributed by atoms with Crippen LogP contribution in [0.15, 0.2) is 51.4 Å². The molecular formula is C19H17Br2NO5. The number of carboxylic acid groups (broad SMARTS) is 1. The number of aliphatic carboxylic acids is 1. The summed E-state index contributed by atoms with van der Waals surface area (Å²) in [7, 11) is 0. The maximum atomic E-state index is 11.7. The molecule has 2 aromatic carbocycles. The lowest BCUT2D eigenvalue weighted by molar-refractivity contribution is -0.131. The minimum Gasteiger partial charge on any atom is -0.508 e. The van der Waals surface area contributed by atoms with Crippen LogP contribution in [0.4, 0.5) is 5.69 Å². The van der Waals surface area contributed by atoms with Gasteiger partial charge in [-0.2, -0.15) is 0 Å². The summed E-state index contributed by atoms with van der Waals surface area (Å²) < 4.78 is 7.07. The van der Waals surface area contributed by atoms with E-state index in [1.54, 1.807) is 30.3 Å². The molecular weight excluding hydrogens is 482 g/mol. The molecule has 0 radical (unpaired) electrons. The standard InChI is InChI=1S/C19H17Br2NO5/c1-10(2)13-9-12(3-4-16(13)23)27-19-14(20)7-11(8-15(19)21)22-17(24)5-6-18(25)26/h3-10,23H,1-2H3,(H,22,24)(H,25,26)/b6-5+. The Kier molecular flexibility index (Phi) is 7.04. The first-order valence-electron chi connectivity index (χ1n) is 7.89. The van der Waals surface area contributed by atoms with Crippen molar-refractivity contribution in [3.8, 4) is 17.2 Å². The molecule has 2 aromatic rings. The van der Waals surface area contributed by atoms with E-state index >= 15 is 0 Å². The lowest BCUT2D eigenvalue weighted by Gasteiger charge is -2.14. The maximum Gasteiger partial charge on any atom is 0.328 e. The van der Waals surface area contributed by atoms with E-state index in [1.807, 2.05) is 13.8 Å². The number of phenolic OH excluding ortho intramolecular Hbond substituents is 1. The van der Waals surface area contributed by atoms with Crippen molar-refractivity contribution in [2.45, 2.75) is 19.8 Å². The molecule has 0 aliphatic carbocycles. The van der Waals surface area contributed by atoms with Crippen molar-refractivity contribution < 1.29 is 24.5 Å². The van der Waals surface area contributed by atoms with Gasteiger partial charge >= 0.3 is 5.97 Å². The van der Waals surface area contributed by atoms with Crippen LogP contribution in [0.25, 0.3) is 0 Å². The summed E-state index contributed by atoms with van der Waals surface area (Å²) >= 11 is 6.80. The molecule has 0 fully saturated rings. The average molecular weight is 499 g/mol. The Labute approximate surface area is 173 Å². The quantitative estimate of drug-likeness (QED) is 0.462. The first-order chi connectivity index (χ1) is 12.7. The van der Waals surface area contributed by atoms with E-state index in [9.17, 15) is 14.7 Å². The van der Waals surface area contributed by atoms with Gasteiger partial charge in [-0.15, -0.1) is 0 Å². The highest BCUT2D eigenvalue weighted by molar-refractivity contribution is 9.11. The lowest BCUT2D eigenvalue weighted by atomic mass is 10.0. The Hall–Kier alpha value is -2.32. The Balaban J connectivity index is 2.23. The number of phenols is 1. The summed E-state index contributed by atoms with van der Waals surface area (Å²) in [5.41, 5.74) is 1.23. The molecule has 0 saturated carbocycles. The normalized spacial score (nSPS) is 11.0. The highest BCUT2D eigenvalue weighted by Gasteiger charge is 2.13. The zero-order chi connectivity index (χ0) is 20.1. The number of hydrogen-bond donors (Lipinski definition) is 3. The van der Waals surface area contributed by atoms with Gasteiger partial charge in [0.2, 0.25) is 5.91 Å². The van der Waals surface area contributed by atoms with Crippen LogP contribution in [0.1, 0.15) is 25.3 Å². The first kappa shape index (κ1) is 21.0. The van der Waals surface area contributed by atoms with Gasteiger partial charge in [-0.25, -0.2) is 4.79 Å². The number of aromatic hydroxyl groups is 1. The van der Waals surface area contributed by atoms with Crippen molar-refractivity contribution in [1.29, 1.82) is 0 Å². The van der Waals surface area contributed by atoms with Crippen molar-refractivity contribution in [2.24, 2.45) is 0 Å². The third-order valence-corrected chi connectivity index (χ3v) is 4.66. The van der Waals surface area contributed by atoms with Gasteiger partial charge in [0.05, 0.1) is 8.95 Å². The minimum atomic E-state index is -1.20. The molecule has 0 bridgehead atoms. The second-order valence-corrected chi connectivity index (χ2v) is 7.62. The molecule has 0 spiro atoms. The number of rotatable bonds is 6. The molecule has 1 amide bonds. The van der Waals surface area contributed by atoms with Crippen LogP contribution >= 0.6 is 31.9 Å². The van der Waals surface area contributed by atoms with E-state index < -0.39 is 11.9 Å². The second kappa shape index (κ2) is 9.05. The highest BCUT2D eigenvalue weighted by Crippen LogP contribution is 2.40. The van der Waals surface area contributed by atoms with Crippen molar-refractivity contribution >= 4 is 49.4 Å². The summed E-state index contributed by atoms with van der Waals surface area (Å²) in [6, 6.07) is 8.28. The molecule has 27 heavy (non-hydrogen) atoms. The molecule has 6 nitrogen and oxygen atoms in total. The second-order valence-electron chi connectivity index (χ2n) is 5.91. The minimum absolute atomic E-state index is 0.136. The van der Waals surface area contributed by atoms with Crippen LogP contribution in [-0.4, -0.2) is 22.1 Å². The van der Waals surface area contributed by atoms with E-state index in [-0.39, 0.29) is 11.7 Å². The molecule has 2 rings (SSSR count). The van der Waals surface area contributed by atoms with Gasteiger partial charge in [0.1, 0.15) is 11.5 Å². The molecule has 0 atom stereocenters. The van der Waals surface area contributed by atoms with E-state index in [2.05, 4.69) is 37.2 Å². The number of hydrogen-bond acceptors (Lipinski definition) is 4. The topological polar surface area (TPSA) is 95.9 Å². The number of carboxylic acids is 1. The molecule has 0 aromatic heterocycles. The fourth-order valence-corrected chi connectivity index (χ4v) is 3.59. The molecule has 0 saturated heterocycles. The lowest BCUT2D eigenvalue weighted by Crippen LogP contribution is -2.08. The van der Waals surface area contributed by atoms with Crippen LogP contribution in [0.3, 0.4) is 0 Å². The number of anilines is 1. The van der Waals surface area contributed by atoms with E-state index in [0.717, 1.165) is 17.7 Å². The van der Waals surface area contributed by atoms with Crippen molar-refractivity contribution in [3.05, 3.63) is 57.0 Å². The SMILES string of the molecule is CC(C)c1cc(Oc2c(Br)cc(NC(=O)/C=C/C(=O)O)cc2Br)ccc1O. The van der Waals surface area contributed by atoms with Gasteiger partial charge in [-0.1, -0.05) is 13.8 Å². The predicted octanol–water partition coefficient (Wildman–Crippen LogP) is 5.41. The molecule has 3 N–H and O–H groups in total. The number of carbonyl (C=O) groups excluding carboxylic acids is 1. The summed E-state index contributed by atoms with van der Waals surface area (Å²) in [6.07, 6.45) is 1.69. The van der Waals surface area contributed by atoms with Crippen molar-refractivity contribution in [1.82, 2.24) is 0 Å². The fourth-order valence-electron chi connectivity index (χ4n) is 2.24. The monoisotopic (exact) mass is 497 g/mol. The number of halogens is 2. The molecule has 142 valence electrons. The smallest absolute Gasteiger partial charge is 0.328 e. The van der Waals surface area contributed by atoms with Crippen molar-refractivity contribution in [3.63, 3.8) is 0 Å². The Morgan fingerprint density at radius 1 is 1.11 bits per heavy atom. The number of nitrogens with one attached hydrogen (secondary N) is 1. The number of amides is 1. The van der Waals surface area contributed by atoms with Gasteiger partial charge in [0.25, 0.3) is 0 Å². The van der Waals surface area contributed by atoms with Gasteiger partial charge in [-0.3, -0.25) is 4.79 Å². The van der Waals surface area contributed by atoms with Gasteiger partial charge < -0.3 is 20.3 Å². The van der Waals surface area contributed by atoms with Crippen molar-refractivity contribution in [2.75, 3.05) is 5.32 Å². The molecule has 8 heteroatoms. The predicted molar refractivity (Wildman–Crippen MR) is 110 cm³/mol. The molecule has 0 aliphatic rings. The Morgan fingerprint density at radius 3 is 2.30 bits per heavy atom. The number of carbonyl (C=O) groups is 2. The number of benzene rings is 2. The third kappa shape index (κ3) is 5.83. The molecule has 0 unspecified atom stereocenters. The van der Waals surface area contributed by atoms with E-state index in [0.29, 0.717) is 26.1 Å². The summed E-state index contributed by atoms with van der Waals surface area (Å²) in [4.78, 5) is 22.2. The number of ether oxygens (including phenoxy) is 1. The summed E-state index contributed by atoms with van der Waals surface area (Å²) in [6.45, 7) is 3.95. The zero-order valence-electron chi connectivity index (χ0n) is 14.5.